The molecule has 2 aromatic rings. The topological polar surface area (TPSA) is 24.4 Å². The van der Waals surface area contributed by atoms with E-state index < -0.39 is 0 Å². The Balaban J connectivity index is 2.13. The maximum atomic E-state index is 6.03. The molecule has 0 aliphatic carbocycles. The Morgan fingerprint density at radius 2 is 1.68 bits per heavy atom. The van der Waals surface area contributed by atoms with E-state index in [0.717, 1.165) is 11.3 Å². The third kappa shape index (κ3) is 3.63. The van der Waals surface area contributed by atoms with E-state index in [9.17, 15) is 0 Å². The van der Waals surface area contributed by atoms with Crippen LogP contribution in [0, 0.1) is 6.92 Å². The maximum absolute atomic E-state index is 6.03. The first-order chi connectivity index (χ1) is 9.08. The van der Waals surface area contributed by atoms with Crippen LogP contribution in [0.2, 0.25) is 15.1 Å². The van der Waals surface area contributed by atoms with Gasteiger partial charge in [-0.15, -0.1) is 0 Å². The van der Waals surface area contributed by atoms with Crippen LogP contribution < -0.4 is 5.43 Å². The number of rotatable bonds is 3. The highest BCUT2D eigenvalue weighted by molar-refractivity contribution is 6.38. The molecule has 2 aromatic carbocycles. The van der Waals surface area contributed by atoms with E-state index in [1.165, 1.54) is 0 Å². The lowest BCUT2D eigenvalue weighted by molar-refractivity contribution is 1.34. The van der Waals surface area contributed by atoms with Gasteiger partial charge in [0.05, 0.1) is 21.9 Å². The highest BCUT2D eigenvalue weighted by Gasteiger charge is 2.02. The van der Waals surface area contributed by atoms with E-state index in [0.29, 0.717) is 20.6 Å². The average molecular weight is 314 g/mol. The van der Waals surface area contributed by atoms with Gasteiger partial charge in [-0.3, -0.25) is 5.43 Å². The molecule has 0 aromatic heterocycles. The SMILES string of the molecule is Cc1ccc(N/N=C/c2c(Cl)cccc2Cl)cc1Cl. The lowest BCUT2D eigenvalue weighted by Crippen LogP contribution is -1.92. The van der Waals surface area contributed by atoms with Crippen molar-refractivity contribution >= 4 is 46.7 Å². The van der Waals surface area contributed by atoms with E-state index in [-0.39, 0.29) is 0 Å². The number of hydrogen-bond acceptors (Lipinski definition) is 2. The summed E-state index contributed by atoms with van der Waals surface area (Å²) in [6, 6.07) is 10.9. The molecule has 0 aliphatic heterocycles. The fourth-order valence-electron chi connectivity index (χ4n) is 1.47. The van der Waals surface area contributed by atoms with Gasteiger partial charge in [0.25, 0.3) is 0 Å². The predicted molar refractivity (Wildman–Crippen MR) is 83.9 cm³/mol. The lowest BCUT2D eigenvalue weighted by Gasteiger charge is -2.04. The number of nitrogens with one attached hydrogen (secondary N) is 1. The Hall–Kier alpha value is -1.22. The zero-order valence-electron chi connectivity index (χ0n) is 10.1. The maximum Gasteiger partial charge on any atom is 0.0576 e. The summed E-state index contributed by atoms with van der Waals surface area (Å²) in [4.78, 5) is 0. The highest BCUT2D eigenvalue weighted by atomic mass is 35.5. The molecule has 2 rings (SSSR count). The molecule has 0 amide bonds. The summed E-state index contributed by atoms with van der Waals surface area (Å²) in [5.74, 6) is 0. The summed E-state index contributed by atoms with van der Waals surface area (Å²) in [6.45, 7) is 1.94. The van der Waals surface area contributed by atoms with Crippen molar-refractivity contribution in [2.24, 2.45) is 5.10 Å². The van der Waals surface area contributed by atoms with Gasteiger partial charge in [-0.25, -0.2) is 0 Å². The molecule has 1 N–H and O–H groups in total. The van der Waals surface area contributed by atoms with Gasteiger partial charge in [-0.2, -0.15) is 5.10 Å². The minimum absolute atomic E-state index is 0.556. The highest BCUT2D eigenvalue weighted by Crippen LogP contribution is 2.23. The van der Waals surface area contributed by atoms with Crippen LogP contribution in [0.1, 0.15) is 11.1 Å². The van der Waals surface area contributed by atoms with Crippen LogP contribution in [-0.4, -0.2) is 6.21 Å². The first-order valence-electron chi connectivity index (χ1n) is 5.57. The number of benzene rings is 2. The van der Waals surface area contributed by atoms with Crippen LogP contribution in [0.25, 0.3) is 0 Å². The molecule has 2 nitrogen and oxygen atoms in total. The number of hydrazone groups is 1. The van der Waals surface area contributed by atoms with E-state index in [1.54, 1.807) is 24.4 Å². The summed E-state index contributed by atoms with van der Waals surface area (Å²) < 4.78 is 0. The third-order valence-electron chi connectivity index (χ3n) is 2.56. The van der Waals surface area contributed by atoms with Gasteiger partial charge in [0, 0.05) is 10.6 Å². The van der Waals surface area contributed by atoms with Crippen molar-refractivity contribution in [2.75, 3.05) is 5.43 Å². The molecule has 0 fully saturated rings. The second kappa shape index (κ2) is 6.29. The lowest BCUT2D eigenvalue weighted by atomic mass is 10.2. The molecule has 0 bridgehead atoms. The number of anilines is 1. The Kier molecular flexibility index (Phi) is 4.70. The van der Waals surface area contributed by atoms with Gasteiger partial charge in [-0.1, -0.05) is 46.9 Å². The number of aryl methyl sites for hydroxylation is 1. The Labute approximate surface area is 127 Å². The van der Waals surface area contributed by atoms with Crippen molar-refractivity contribution in [3.63, 3.8) is 0 Å². The van der Waals surface area contributed by atoms with E-state index in [2.05, 4.69) is 10.5 Å². The first-order valence-corrected chi connectivity index (χ1v) is 6.70. The van der Waals surface area contributed by atoms with Gasteiger partial charge in [-0.05, 0) is 36.8 Å². The van der Waals surface area contributed by atoms with Gasteiger partial charge in [0.15, 0.2) is 0 Å². The summed E-state index contributed by atoms with van der Waals surface area (Å²) in [7, 11) is 0. The Morgan fingerprint density at radius 3 is 2.32 bits per heavy atom. The summed E-state index contributed by atoms with van der Waals surface area (Å²) >= 11 is 18.1. The molecular formula is C14H11Cl3N2. The van der Waals surface area contributed by atoms with E-state index in [1.807, 2.05) is 25.1 Å². The van der Waals surface area contributed by atoms with Crippen molar-refractivity contribution < 1.29 is 0 Å². The quantitative estimate of drug-likeness (QED) is 0.595. The molecule has 0 saturated heterocycles. The standard InChI is InChI=1S/C14H11Cl3N2/c1-9-5-6-10(7-14(9)17)19-18-8-11-12(15)3-2-4-13(11)16/h2-8,19H,1H3/b18-8+. The summed E-state index contributed by atoms with van der Waals surface area (Å²) in [5.41, 5.74) is 5.38. The second-order valence-electron chi connectivity index (χ2n) is 3.97. The zero-order chi connectivity index (χ0) is 13.8. The van der Waals surface area contributed by atoms with Crippen LogP contribution in [0.3, 0.4) is 0 Å². The molecule has 98 valence electrons. The van der Waals surface area contributed by atoms with Crippen molar-refractivity contribution in [1.29, 1.82) is 0 Å². The Morgan fingerprint density at radius 1 is 1.00 bits per heavy atom. The van der Waals surface area contributed by atoms with Crippen LogP contribution in [-0.2, 0) is 0 Å². The second-order valence-corrected chi connectivity index (χ2v) is 5.19. The van der Waals surface area contributed by atoms with Gasteiger partial charge >= 0.3 is 0 Å². The third-order valence-corrected chi connectivity index (χ3v) is 3.63. The number of hydrogen-bond donors (Lipinski definition) is 1. The smallest absolute Gasteiger partial charge is 0.0576 e. The first kappa shape index (κ1) is 14.2. The monoisotopic (exact) mass is 312 g/mol. The molecule has 0 aliphatic rings. The van der Waals surface area contributed by atoms with Crippen LogP contribution in [0.5, 0.6) is 0 Å². The normalized spacial score (nSPS) is 10.9. The van der Waals surface area contributed by atoms with E-state index in [4.69, 9.17) is 34.8 Å². The predicted octanol–water partition coefficient (Wildman–Crippen LogP) is 5.40. The zero-order valence-corrected chi connectivity index (χ0v) is 12.4. The molecular weight excluding hydrogens is 303 g/mol. The number of nitrogens with zero attached hydrogens (tertiary/aromatic N) is 1. The molecule has 0 radical (unpaired) electrons. The van der Waals surface area contributed by atoms with Crippen LogP contribution in [0.4, 0.5) is 5.69 Å². The Bertz CT molecular complexity index is 604. The number of halogens is 3. The molecule has 0 atom stereocenters. The average Bonchev–Trinajstić information content (AvgIpc) is 2.37. The molecule has 19 heavy (non-hydrogen) atoms. The van der Waals surface area contributed by atoms with Gasteiger partial charge in [0.2, 0.25) is 0 Å². The van der Waals surface area contributed by atoms with Crippen molar-refractivity contribution in [3.8, 4) is 0 Å². The van der Waals surface area contributed by atoms with Crippen molar-refractivity contribution in [3.05, 3.63) is 62.6 Å². The van der Waals surface area contributed by atoms with Crippen molar-refractivity contribution in [1.82, 2.24) is 0 Å². The largest absolute Gasteiger partial charge is 0.278 e. The van der Waals surface area contributed by atoms with Crippen molar-refractivity contribution in [2.45, 2.75) is 6.92 Å². The summed E-state index contributed by atoms with van der Waals surface area (Å²) in [5, 5.41) is 5.90. The molecule has 0 heterocycles. The van der Waals surface area contributed by atoms with E-state index >= 15 is 0 Å². The molecule has 0 unspecified atom stereocenters. The van der Waals surface area contributed by atoms with Gasteiger partial charge < -0.3 is 0 Å². The minimum Gasteiger partial charge on any atom is -0.278 e. The fraction of sp³-hybridized carbons (Fsp3) is 0.0714. The fourth-order valence-corrected chi connectivity index (χ4v) is 2.14. The minimum atomic E-state index is 0.556. The van der Waals surface area contributed by atoms with Gasteiger partial charge in [0.1, 0.15) is 0 Å². The van der Waals surface area contributed by atoms with Crippen LogP contribution >= 0.6 is 34.8 Å². The molecule has 0 spiro atoms. The van der Waals surface area contributed by atoms with Crippen LogP contribution in [0.15, 0.2) is 41.5 Å². The summed E-state index contributed by atoms with van der Waals surface area (Å²) in [6.07, 6.45) is 1.58. The molecule has 0 saturated carbocycles. The molecule has 5 heteroatoms.